The number of likely N-dealkylation sites (N-methyl/N-ethyl adjacent to an activating group) is 1. The maximum Gasteiger partial charge on any atom is 0.183 e. The van der Waals surface area contributed by atoms with E-state index in [0.717, 1.165) is 6.54 Å². The first-order valence-electron chi connectivity index (χ1n) is 10.2. The predicted octanol–water partition coefficient (Wildman–Crippen LogP) is 1.28. The topological polar surface area (TPSA) is 56.9 Å². The van der Waals surface area contributed by atoms with Gasteiger partial charge in [0.2, 0.25) is 0 Å². The number of nitrogens with zero attached hydrogens (tertiary/aromatic N) is 2. The van der Waals surface area contributed by atoms with Gasteiger partial charge in [-0.05, 0) is 12.8 Å². The summed E-state index contributed by atoms with van der Waals surface area (Å²) in [7, 11) is 5.40. The van der Waals surface area contributed by atoms with Crippen LogP contribution in [0.5, 0.6) is 0 Å². The summed E-state index contributed by atoms with van der Waals surface area (Å²) in [5.74, 6) is -1.00. The molecule has 1 aliphatic heterocycles. The van der Waals surface area contributed by atoms with Crippen LogP contribution in [0, 0.1) is 0 Å². The Hall–Kier alpha value is -0.940. The molecule has 1 aliphatic rings. The van der Waals surface area contributed by atoms with Gasteiger partial charge in [0.15, 0.2) is 6.34 Å². The van der Waals surface area contributed by atoms with Gasteiger partial charge < -0.3 is 14.4 Å². The molecule has 0 saturated heterocycles. The molecule has 0 aromatic heterocycles. The Morgan fingerprint density at radius 1 is 1.00 bits per heavy atom. The van der Waals surface area contributed by atoms with Crippen molar-refractivity contribution in [1.29, 1.82) is 0 Å². The van der Waals surface area contributed by atoms with E-state index >= 15 is 0 Å². The second kappa shape index (κ2) is 15.3. The summed E-state index contributed by atoms with van der Waals surface area (Å²) in [6.45, 7) is 5.94. The normalized spacial score (nSPS) is 16.6. The van der Waals surface area contributed by atoms with Crippen molar-refractivity contribution < 1.29 is 19.3 Å². The lowest BCUT2D eigenvalue weighted by atomic mass is 10.1. The van der Waals surface area contributed by atoms with E-state index in [2.05, 4.69) is 18.3 Å². The molecular weight excluding hydrogens is 314 g/mol. The summed E-state index contributed by atoms with van der Waals surface area (Å²) in [6, 6.07) is 0. The number of carbonyl (C=O) groups excluding carboxylic acids is 1. The van der Waals surface area contributed by atoms with E-state index in [9.17, 15) is 9.90 Å². The molecule has 1 N–H and O–H groups in total. The summed E-state index contributed by atoms with van der Waals surface area (Å²) >= 11 is 0. The summed E-state index contributed by atoms with van der Waals surface area (Å²) in [4.78, 5) is 15.7. The van der Waals surface area contributed by atoms with E-state index in [1.165, 1.54) is 77.3 Å². The van der Waals surface area contributed by atoms with Crippen molar-refractivity contribution in [1.82, 2.24) is 0 Å². The zero-order valence-corrected chi connectivity index (χ0v) is 17.2. The number of aliphatic carboxylic acids is 1. The van der Waals surface area contributed by atoms with Crippen molar-refractivity contribution in [3.63, 3.8) is 0 Å². The van der Waals surface area contributed by atoms with Crippen LogP contribution >= 0.6 is 0 Å². The van der Waals surface area contributed by atoms with Gasteiger partial charge in [0.25, 0.3) is 0 Å². The molecule has 148 valence electrons. The average Bonchev–Trinajstić information content (AvgIpc) is 3.00. The average molecular weight is 357 g/mol. The Kier molecular flexibility index (Phi) is 14.7. The van der Waals surface area contributed by atoms with Crippen molar-refractivity contribution in [3.8, 4) is 0 Å². The highest BCUT2D eigenvalue weighted by Crippen LogP contribution is 2.09. The molecule has 0 aliphatic carbocycles. The van der Waals surface area contributed by atoms with E-state index < -0.39 is 5.97 Å². The number of quaternary nitrogens is 2. The molecule has 0 amide bonds. The van der Waals surface area contributed by atoms with Crippen molar-refractivity contribution in [2.45, 2.75) is 71.1 Å². The van der Waals surface area contributed by atoms with Crippen molar-refractivity contribution >= 4 is 12.3 Å². The number of hydrogen-bond acceptors (Lipinski definition) is 3. The monoisotopic (exact) mass is 356 g/mol. The molecule has 1 atom stereocenters. The van der Waals surface area contributed by atoms with Gasteiger partial charge in [0.05, 0.1) is 40.2 Å². The van der Waals surface area contributed by atoms with Crippen LogP contribution < -0.4 is 10.0 Å². The summed E-state index contributed by atoms with van der Waals surface area (Å²) in [5, 5.41) is 9.89. The van der Waals surface area contributed by atoms with Crippen LogP contribution in [0.25, 0.3) is 0 Å². The maximum atomic E-state index is 9.89. The highest BCUT2D eigenvalue weighted by molar-refractivity contribution is 5.65. The van der Waals surface area contributed by atoms with Crippen LogP contribution in [0.15, 0.2) is 4.99 Å². The van der Waals surface area contributed by atoms with Gasteiger partial charge in [0, 0.05) is 0 Å². The zero-order chi connectivity index (χ0) is 19.0. The third kappa shape index (κ3) is 19.2. The van der Waals surface area contributed by atoms with Gasteiger partial charge in [-0.3, -0.25) is 4.90 Å². The summed E-state index contributed by atoms with van der Waals surface area (Å²) < 4.78 is 0.419. The van der Waals surface area contributed by atoms with Gasteiger partial charge in [-0.1, -0.05) is 58.3 Å². The molecule has 0 fully saturated rings. The molecule has 0 bridgehead atoms. The van der Waals surface area contributed by atoms with Crippen LogP contribution in [0.3, 0.4) is 0 Å². The lowest BCUT2D eigenvalue weighted by Crippen LogP contribution is -3.09. The quantitative estimate of drug-likeness (QED) is 0.399. The minimum atomic E-state index is -1.00. The molecule has 0 saturated carbocycles. The number of aliphatic imine (C=N–C) groups is 1. The van der Waals surface area contributed by atoms with Gasteiger partial charge in [0.1, 0.15) is 13.1 Å². The number of nitrogens with one attached hydrogen (secondary N) is 1. The highest BCUT2D eigenvalue weighted by atomic mass is 16.4. The van der Waals surface area contributed by atoms with Crippen LogP contribution in [-0.4, -0.2) is 64.1 Å². The third-order valence-corrected chi connectivity index (χ3v) is 4.29. The van der Waals surface area contributed by atoms with Crippen molar-refractivity contribution in [3.05, 3.63) is 0 Å². The van der Waals surface area contributed by atoms with Gasteiger partial charge >= 0.3 is 0 Å². The number of rotatable bonds is 13. The second-order valence-electron chi connectivity index (χ2n) is 8.20. The van der Waals surface area contributed by atoms with Crippen molar-refractivity contribution in [2.24, 2.45) is 4.99 Å². The van der Waals surface area contributed by atoms with Crippen LogP contribution in [0.2, 0.25) is 0 Å². The molecule has 0 radical (unpaired) electrons. The molecule has 0 aromatic rings. The van der Waals surface area contributed by atoms with E-state index in [1.54, 1.807) is 26.0 Å². The zero-order valence-electron chi connectivity index (χ0n) is 17.2. The van der Waals surface area contributed by atoms with Crippen molar-refractivity contribution in [2.75, 3.05) is 47.3 Å². The molecule has 1 rings (SSSR count). The lowest BCUT2D eigenvalue weighted by molar-refractivity contribution is -0.864. The first kappa shape index (κ1) is 24.1. The first-order chi connectivity index (χ1) is 11.8. The second-order valence-corrected chi connectivity index (χ2v) is 8.20. The SMILES string of the molecule is CCCCCCCCCCCC[NH+]1C=NCC1.C[N+](C)(C)CC(=O)[O-]. The number of carboxylic acids is 1. The molecule has 1 heterocycles. The fourth-order valence-corrected chi connectivity index (χ4v) is 2.88. The number of unbranched alkanes of at least 4 members (excludes halogenated alkanes) is 9. The van der Waals surface area contributed by atoms with E-state index in [0.29, 0.717) is 4.48 Å². The largest absolute Gasteiger partial charge is 0.544 e. The van der Waals surface area contributed by atoms with Gasteiger partial charge in [-0.15, -0.1) is 0 Å². The third-order valence-electron chi connectivity index (χ3n) is 4.29. The Morgan fingerprint density at radius 2 is 1.52 bits per heavy atom. The van der Waals surface area contributed by atoms with Crippen LogP contribution in [-0.2, 0) is 4.79 Å². The van der Waals surface area contributed by atoms with Crippen LogP contribution in [0.4, 0.5) is 0 Å². The lowest BCUT2D eigenvalue weighted by Gasteiger charge is -2.23. The van der Waals surface area contributed by atoms with E-state index in [4.69, 9.17) is 0 Å². The molecule has 25 heavy (non-hydrogen) atoms. The van der Waals surface area contributed by atoms with Gasteiger partial charge in [-0.25, -0.2) is 4.99 Å². The highest BCUT2D eigenvalue weighted by Gasteiger charge is 2.09. The van der Waals surface area contributed by atoms with E-state index in [1.807, 2.05) is 0 Å². The Labute approximate surface area is 155 Å². The maximum absolute atomic E-state index is 9.89. The number of hydrogen-bond donors (Lipinski definition) is 1. The molecule has 5 heteroatoms. The number of carboxylic acid groups (broad SMARTS) is 1. The standard InChI is InChI=1S/C15H30N2.C5H11NO2/c1-2-3-4-5-6-7-8-9-10-11-13-17-14-12-16-15-17;1-6(2,3)4-5(7)8/h15H,2-14H2,1H3;4H2,1-3H3/p+1. The number of carbonyl (C=O) groups is 1. The Morgan fingerprint density at radius 3 is 1.88 bits per heavy atom. The van der Waals surface area contributed by atoms with Crippen LogP contribution in [0.1, 0.15) is 71.1 Å². The smallest absolute Gasteiger partial charge is 0.183 e. The predicted molar refractivity (Wildman–Crippen MR) is 104 cm³/mol. The first-order valence-corrected chi connectivity index (χ1v) is 10.2. The molecule has 0 spiro atoms. The fourth-order valence-electron chi connectivity index (χ4n) is 2.88. The summed E-state index contributed by atoms with van der Waals surface area (Å²) in [6.07, 6.45) is 16.4. The minimum Gasteiger partial charge on any atom is -0.544 e. The minimum absolute atomic E-state index is 0.0694. The molecule has 5 nitrogen and oxygen atoms in total. The molecule has 1 unspecified atom stereocenters. The Bertz CT molecular complexity index is 351. The summed E-state index contributed by atoms with van der Waals surface area (Å²) in [5.41, 5.74) is 0. The van der Waals surface area contributed by atoms with Gasteiger partial charge in [-0.2, -0.15) is 0 Å². The molecule has 0 aromatic carbocycles. The van der Waals surface area contributed by atoms with E-state index in [-0.39, 0.29) is 6.54 Å². The fraction of sp³-hybridized carbons (Fsp3) is 0.900. The Balaban J connectivity index is 0.000000609. The molecular formula is C20H42N3O2+.